The largest absolute Gasteiger partial charge is 0.454 e. The Balaban J connectivity index is 1.79. The zero-order valence-corrected chi connectivity index (χ0v) is 16.7. The van der Waals surface area contributed by atoms with E-state index in [9.17, 15) is 9.18 Å². The number of rotatable bonds is 6. The third kappa shape index (κ3) is 4.52. The fourth-order valence-corrected chi connectivity index (χ4v) is 3.32. The minimum Gasteiger partial charge on any atom is -0.454 e. The lowest BCUT2D eigenvalue weighted by atomic mass is 10.2. The van der Waals surface area contributed by atoms with Crippen LogP contribution in [0.15, 0.2) is 52.3 Å². The van der Waals surface area contributed by atoms with Crippen molar-refractivity contribution in [3.8, 4) is 11.5 Å². The Labute approximate surface area is 170 Å². The smallest absolute Gasteiger partial charge is 0.271 e. The predicted octanol–water partition coefficient (Wildman–Crippen LogP) is 4.88. The highest BCUT2D eigenvalue weighted by Gasteiger charge is 2.15. The lowest BCUT2D eigenvalue weighted by Crippen LogP contribution is -2.23. The van der Waals surface area contributed by atoms with Crippen molar-refractivity contribution in [1.82, 2.24) is 4.37 Å². The summed E-state index contributed by atoms with van der Waals surface area (Å²) in [7, 11) is 0. The van der Waals surface area contributed by atoms with Gasteiger partial charge < -0.3 is 15.8 Å². The van der Waals surface area contributed by atoms with Crippen molar-refractivity contribution in [1.29, 1.82) is 0 Å². The van der Waals surface area contributed by atoms with Gasteiger partial charge in [0.05, 0.1) is 5.02 Å². The first-order valence-corrected chi connectivity index (χ1v) is 9.58. The van der Waals surface area contributed by atoms with Crippen LogP contribution in [-0.2, 0) is 0 Å². The third-order valence-corrected chi connectivity index (χ3v) is 4.70. The summed E-state index contributed by atoms with van der Waals surface area (Å²) in [4.78, 5) is 16.3. The molecule has 146 valence electrons. The van der Waals surface area contributed by atoms with Crippen LogP contribution in [0.4, 0.5) is 15.1 Å². The molecule has 0 spiro atoms. The number of anilines is 2. The van der Waals surface area contributed by atoms with Gasteiger partial charge in [-0.25, -0.2) is 4.39 Å². The average molecular weight is 421 g/mol. The lowest BCUT2D eigenvalue weighted by Gasteiger charge is -2.10. The number of halogens is 2. The maximum Gasteiger partial charge on any atom is 0.271 e. The lowest BCUT2D eigenvalue weighted by molar-refractivity contribution is 0.442. The summed E-state index contributed by atoms with van der Waals surface area (Å²) < 4.78 is 22.1. The van der Waals surface area contributed by atoms with Crippen LogP contribution in [0.3, 0.4) is 0 Å². The fraction of sp³-hybridized carbons (Fsp3) is 0.158. The summed E-state index contributed by atoms with van der Waals surface area (Å²) in [6.45, 7) is 3.75. The molecule has 0 aliphatic rings. The Hall–Kier alpha value is -2.84. The highest BCUT2D eigenvalue weighted by molar-refractivity contribution is 7.10. The zero-order chi connectivity index (χ0) is 20.3. The maximum absolute atomic E-state index is 13.9. The molecule has 0 fully saturated rings. The number of amidine groups is 1. The zero-order valence-electron chi connectivity index (χ0n) is 15.1. The fourth-order valence-electron chi connectivity index (χ4n) is 2.39. The number of nitrogens with two attached hydrogens (primary N) is 1. The SMILES string of the molecule is CC(C)N=C(N)c1c(Nc2ccc(Oc3cccc(Cl)c3F)cc2)s[nH]c1=O. The van der Waals surface area contributed by atoms with E-state index in [4.69, 9.17) is 22.1 Å². The molecule has 0 unspecified atom stereocenters. The number of aromatic nitrogens is 1. The molecule has 2 aromatic carbocycles. The van der Waals surface area contributed by atoms with E-state index < -0.39 is 5.82 Å². The van der Waals surface area contributed by atoms with Gasteiger partial charge in [0, 0.05) is 11.7 Å². The number of hydrogen-bond donors (Lipinski definition) is 3. The Morgan fingerprint density at radius 1 is 1.29 bits per heavy atom. The number of aliphatic imine (C=N–C) groups is 1. The molecular formula is C19H18ClFN4O2S. The summed E-state index contributed by atoms with van der Waals surface area (Å²) in [5.74, 6) is 0.0384. The van der Waals surface area contributed by atoms with Gasteiger partial charge in [-0.1, -0.05) is 17.7 Å². The second-order valence-electron chi connectivity index (χ2n) is 6.15. The van der Waals surface area contributed by atoms with Crippen LogP contribution in [0.25, 0.3) is 0 Å². The summed E-state index contributed by atoms with van der Waals surface area (Å²) in [6.07, 6.45) is 0. The molecule has 0 amide bonds. The van der Waals surface area contributed by atoms with E-state index in [0.717, 1.165) is 11.5 Å². The Bertz CT molecular complexity index is 1060. The van der Waals surface area contributed by atoms with Crippen LogP contribution in [-0.4, -0.2) is 16.3 Å². The van der Waals surface area contributed by atoms with Gasteiger partial charge in [-0.2, -0.15) is 0 Å². The summed E-state index contributed by atoms with van der Waals surface area (Å²) >= 11 is 6.89. The van der Waals surface area contributed by atoms with E-state index in [1.807, 2.05) is 13.8 Å². The van der Waals surface area contributed by atoms with Crippen LogP contribution in [0, 0.1) is 5.82 Å². The molecule has 0 aliphatic carbocycles. The van der Waals surface area contributed by atoms with Gasteiger partial charge in [-0.15, -0.1) is 0 Å². The predicted molar refractivity (Wildman–Crippen MR) is 112 cm³/mol. The number of ether oxygens (including phenoxy) is 1. The van der Waals surface area contributed by atoms with Crippen molar-refractivity contribution in [2.24, 2.45) is 10.7 Å². The van der Waals surface area contributed by atoms with Crippen molar-refractivity contribution in [2.45, 2.75) is 19.9 Å². The van der Waals surface area contributed by atoms with Crippen molar-refractivity contribution in [3.63, 3.8) is 0 Å². The molecule has 0 bridgehead atoms. The Morgan fingerprint density at radius 3 is 2.68 bits per heavy atom. The normalized spacial score (nSPS) is 11.7. The van der Waals surface area contributed by atoms with E-state index in [-0.39, 0.29) is 28.2 Å². The molecule has 4 N–H and O–H groups in total. The highest BCUT2D eigenvalue weighted by Crippen LogP contribution is 2.30. The standard InChI is InChI=1S/C19H18ClFN4O2S/c1-10(2)23-17(22)15-18(26)25-28-19(15)24-11-6-8-12(9-7-11)27-14-5-3-4-13(20)16(14)21/h3-10,24H,1-2H3,(H2,22,23)(H,25,26). The molecule has 0 atom stereocenters. The van der Waals surface area contributed by atoms with Gasteiger partial charge in [-0.3, -0.25) is 14.2 Å². The van der Waals surface area contributed by atoms with Gasteiger partial charge in [0.2, 0.25) is 0 Å². The van der Waals surface area contributed by atoms with Gasteiger partial charge in [0.25, 0.3) is 5.56 Å². The Kier molecular flexibility index (Phi) is 6.01. The van der Waals surface area contributed by atoms with Gasteiger partial charge >= 0.3 is 0 Å². The number of hydrogen-bond acceptors (Lipinski definition) is 5. The summed E-state index contributed by atoms with van der Waals surface area (Å²) in [6, 6.07) is 11.3. The van der Waals surface area contributed by atoms with E-state index in [2.05, 4.69) is 14.7 Å². The van der Waals surface area contributed by atoms with E-state index in [1.165, 1.54) is 12.1 Å². The first-order valence-electron chi connectivity index (χ1n) is 8.39. The second-order valence-corrected chi connectivity index (χ2v) is 7.37. The monoisotopic (exact) mass is 420 g/mol. The maximum atomic E-state index is 13.9. The first-order chi connectivity index (χ1) is 13.3. The molecule has 0 aliphatic heterocycles. The number of nitrogens with one attached hydrogen (secondary N) is 2. The van der Waals surface area contributed by atoms with Crippen molar-refractivity contribution in [2.75, 3.05) is 5.32 Å². The van der Waals surface area contributed by atoms with E-state index in [1.54, 1.807) is 30.3 Å². The van der Waals surface area contributed by atoms with Crippen LogP contribution >= 0.6 is 23.1 Å². The number of nitrogens with zero attached hydrogens (tertiary/aromatic N) is 1. The number of aromatic amines is 1. The minimum absolute atomic E-state index is 0.00803. The highest BCUT2D eigenvalue weighted by atomic mass is 35.5. The second kappa shape index (κ2) is 8.45. The number of benzene rings is 2. The van der Waals surface area contributed by atoms with Crippen molar-refractivity contribution >= 4 is 39.7 Å². The molecule has 3 rings (SSSR count). The molecule has 9 heteroatoms. The molecular weight excluding hydrogens is 403 g/mol. The third-order valence-electron chi connectivity index (χ3n) is 3.61. The van der Waals surface area contributed by atoms with Crippen molar-refractivity contribution in [3.05, 3.63) is 69.2 Å². The molecule has 0 saturated heterocycles. The molecule has 28 heavy (non-hydrogen) atoms. The number of H-pyrrole nitrogens is 1. The van der Waals surface area contributed by atoms with Gasteiger partial charge in [0.15, 0.2) is 11.6 Å². The average Bonchev–Trinajstić information content (AvgIpc) is 3.00. The van der Waals surface area contributed by atoms with Crippen LogP contribution in [0.5, 0.6) is 11.5 Å². The van der Waals surface area contributed by atoms with E-state index >= 15 is 0 Å². The van der Waals surface area contributed by atoms with Gasteiger partial charge in [0.1, 0.15) is 22.1 Å². The quantitative estimate of drug-likeness (QED) is 0.391. The molecule has 6 nitrogen and oxygen atoms in total. The van der Waals surface area contributed by atoms with Gasteiger partial charge in [-0.05, 0) is 61.8 Å². The minimum atomic E-state index is -0.618. The summed E-state index contributed by atoms with van der Waals surface area (Å²) in [5, 5.41) is 3.68. The molecule has 0 saturated carbocycles. The topological polar surface area (TPSA) is 92.5 Å². The van der Waals surface area contributed by atoms with E-state index in [0.29, 0.717) is 22.0 Å². The Morgan fingerprint density at radius 2 is 2.00 bits per heavy atom. The summed E-state index contributed by atoms with van der Waals surface area (Å²) in [5.41, 5.74) is 6.67. The van der Waals surface area contributed by atoms with Crippen LogP contribution in [0.2, 0.25) is 5.02 Å². The van der Waals surface area contributed by atoms with Crippen molar-refractivity contribution < 1.29 is 9.13 Å². The molecule has 0 radical (unpaired) electrons. The van der Waals surface area contributed by atoms with Crippen LogP contribution < -0.4 is 21.3 Å². The first kappa shape index (κ1) is 19.9. The molecule has 3 aromatic rings. The molecule has 1 aromatic heterocycles. The molecule has 1 heterocycles. The van der Waals surface area contributed by atoms with Crippen LogP contribution in [0.1, 0.15) is 19.4 Å².